The number of aromatic hydroxyl groups is 3. The molecule has 1 aliphatic rings. The molecule has 0 unspecified atom stereocenters. The number of nitrogens with two attached hydrogens (primary N) is 3. The van der Waals surface area contributed by atoms with Crippen LogP contribution >= 0.6 is 11.8 Å². The van der Waals surface area contributed by atoms with Crippen LogP contribution in [0, 0.1) is 0 Å². The van der Waals surface area contributed by atoms with E-state index in [1.54, 1.807) is 0 Å². The van der Waals surface area contributed by atoms with Crippen LogP contribution in [0.4, 0.5) is 0 Å². The third-order valence-corrected chi connectivity index (χ3v) is 9.55. The first-order valence-corrected chi connectivity index (χ1v) is 18.4. The van der Waals surface area contributed by atoms with Gasteiger partial charge < -0.3 is 58.7 Å². The topological polar surface area (TPSA) is 305 Å². The molecule has 1 saturated heterocycles. The van der Waals surface area contributed by atoms with Gasteiger partial charge in [-0.3, -0.25) is 33.8 Å². The second kappa shape index (κ2) is 19.8. The lowest BCUT2D eigenvalue weighted by Gasteiger charge is -2.43. The number of carbonyl (C=O) groups is 6. The van der Waals surface area contributed by atoms with E-state index in [1.807, 2.05) is 0 Å². The maximum Gasteiger partial charge on any atom is 0.248 e. The monoisotopic (exact) mass is 791 g/mol. The smallest absolute Gasteiger partial charge is 0.248 e. The number of amides is 5. The quantitative estimate of drug-likeness (QED) is 0.0342. The molecule has 13 N–H and O–H groups in total. The van der Waals surface area contributed by atoms with Crippen LogP contribution < -0.4 is 38.5 Å². The van der Waals surface area contributed by atoms with Crippen molar-refractivity contribution < 1.29 is 44.1 Å². The first-order chi connectivity index (χ1) is 26.6. The van der Waals surface area contributed by atoms with E-state index in [0.717, 1.165) is 11.8 Å². The number of hydrogen-bond acceptors (Lipinski definition) is 12. The molecule has 0 spiro atoms. The average molecular weight is 792 g/mol. The van der Waals surface area contributed by atoms with Crippen molar-refractivity contribution in [2.45, 2.75) is 50.0 Å². The summed E-state index contributed by atoms with van der Waals surface area (Å²) in [5, 5.41) is 39.4. The van der Waals surface area contributed by atoms with Gasteiger partial charge in [0.15, 0.2) is 5.96 Å². The highest BCUT2D eigenvalue weighted by Crippen LogP contribution is 2.33. The molecular formula is C37H45N9O9S. The highest BCUT2D eigenvalue weighted by molar-refractivity contribution is 8.13. The lowest BCUT2D eigenvalue weighted by atomic mass is 9.98. The summed E-state index contributed by atoms with van der Waals surface area (Å²) in [7, 11) is 0. The Hall–Kier alpha value is -6.34. The zero-order valence-corrected chi connectivity index (χ0v) is 31.2. The SMILES string of the molecule is CC(=O)NCCSC(=O)[C@H](c1ccc(O)cc1)N1C[C@H](NC(=O)[C@H](NC(=O)[C@H](CCCN=C(N)N)NC(=O)[C@@H](N)c2ccc(O)cc2)c2ccc(O)cc2)C1=O. The Balaban J connectivity index is 1.52. The van der Waals surface area contributed by atoms with Crippen molar-refractivity contribution in [2.24, 2.45) is 22.2 Å². The number of nitrogens with zero attached hydrogens (tertiary/aromatic N) is 2. The van der Waals surface area contributed by atoms with Crippen molar-refractivity contribution in [3.05, 3.63) is 89.5 Å². The molecule has 3 aromatic rings. The molecule has 1 fully saturated rings. The van der Waals surface area contributed by atoms with Gasteiger partial charge in [-0.1, -0.05) is 48.2 Å². The maximum absolute atomic E-state index is 13.9. The second-order valence-electron chi connectivity index (χ2n) is 12.8. The van der Waals surface area contributed by atoms with Crippen LogP contribution in [0.1, 0.15) is 54.6 Å². The Labute approximate surface area is 326 Å². The third-order valence-electron chi connectivity index (χ3n) is 8.63. The fraction of sp³-hybridized carbons (Fsp3) is 0.324. The van der Waals surface area contributed by atoms with E-state index in [1.165, 1.54) is 84.6 Å². The van der Waals surface area contributed by atoms with E-state index in [-0.39, 0.29) is 72.9 Å². The van der Waals surface area contributed by atoms with Gasteiger partial charge in [0.2, 0.25) is 34.7 Å². The van der Waals surface area contributed by atoms with Crippen molar-refractivity contribution in [1.29, 1.82) is 0 Å². The summed E-state index contributed by atoms with van der Waals surface area (Å²) < 4.78 is 0. The molecule has 0 bridgehead atoms. The largest absolute Gasteiger partial charge is 0.508 e. The number of aliphatic imine (C=N–C) groups is 1. The number of likely N-dealkylation sites (tertiary alicyclic amines) is 1. The Kier molecular flexibility index (Phi) is 15.0. The number of β-lactam (4-membered cyclic amide) rings is 1. The van der Waals surface area contributed by atoms with Crippen LogP contribution in [-0.4, -0.2) is 98.3 Å². The Bertz CT molecular complexity index is 1910. The Morgan fingerprint density at radius 1 is 0.821 bits per heavy atom. The predicted octanol–water partition coefficient (Wildman–Crippen LogP) is -0.337. The first kappa shape index (κ1) is 42.4. The van der Waals surface area contributed by atoms with E-state index >= 15 is 0 Å². The summed E-state index contributed by atoms with van der Waals surface area (Å²) in [5.74, 6) is -3.29. The number of phenolic OH excluding ortho intramolecular Hbond substituents is 3. The fourth-order valence-corrected chi connectivity index (χ4v) is 6.51. The number of nitrogens with one attached hydrogen (secondary N) is 4. The van der Waals surface area contributed by atoms with Gasteiger partial charge in [-0.15, -0.1) is 0 Å². The van der Waals surface area contributed by atoms with E-state index < -0.39 is 59.0 Å². The molecule has 298 valence electrons. The molecule has 19 heteroatoms. The summed E-state index contributed by atoms with van der Waals surface area (Å²) >= 11 is 0.914. The van der Waals surface area contributed by atoms with Gasteiger partial charge >= 0.3 is 0 Å². The number of guanidine groups is 1. The van der Waals surface area contributed by atoms with Crippen LogP contribution in [0.3, 0.4) is 0 Å². The molecule has 3 aromatic carbocycles. The van der Waals surface area contributed by atoms with Crippen molar-refractivity contribution in [3.8, 4) is 17.2 Å². The minimum atomic E-state index is -1.42. The highest BCUT2D eigenvalue weighted by atomic mass is 32.2. The molecule has 1 aliphatic heterocycles. The molecule has 5 atom stereocenters. The minimum absolute atomic E-state index is 0.0200. The molecule has 0 radical (unpaired) electrons. The van der Waals surface area contributed by atoms with Gasteiger partial charge in [-0.25, -0.2) is 0 Å². The van der Waals surface area contributed by atoms with Crippen molar-refractivity contribution in [3.63, 3.8) is 0 Å². The third kappa shape index (κ3) is 11.8. The van der Waals surface area contributed by atoms with E-state index in [9.17, 15) is 44.1 Å². The van der Waals surface area contributed by atoms with Crippen molar-refractivity contribution in [2.75, 3.05) is 25.4 Å². The molecule has 5 amide bonds. The second-order valence-corrected chi connectivity index (χ2v) is 13.9. The molecule has 18 nitrogen and oxygen atoms in total. The molecule has 4 rings (SSSR count). The summed E-state index contributed by atoms with van der Waals surface area (Å²) in [5.41, 5.74) is 18.0. The average Bonchev–Trinajstić information content (AvgIpc) is 3.16. The summed E-state index contributed by atoms with van der Waals surface area (Å²) in [4.78, 5) is 84.4. The molecule has 56 heavy (non-hydrogen) atoms. The number of hydrogen-bond donors (Lipinski definition) is 10. The molecule has 1 heterocycles. The number of benzene rings is 3. The van der Waals surface area contributed by atoms with Crippen molar-refractivity contribution >= 4 is 52.4 Å². The number of phenols is 3. The minimum Gasteiger partial charge on any atom is -0.508 e. The molecule has 0 aromatic heterocycles. The van der Waals surface area contributed by atoms with Gasteiger partial charge in [0.25, 0.3) is 0 Å². The fourth-order valence-electron chi connectivity index (χ4n) is 5.68. The zero-order valence-electron chi connectivity index (χ0n) is 30.4. The van der Waals surface area contributed by atoms with Gasteiger partial charge in [0, 0.05) is 25.8 Å². The van der Waals surface area contributed by atoms with E-state index in [0.29, 0.717) is 11.1 Å². The van der Waals surface area contributed by atoms with E-state index in [2.05, 4.69) is 26.3 Å². The van der Waals surface area contributed by atoms with Crippen LogP contribution in [0.2, 0.25) is 0 Å². The normalized spacial score (nSPS) is 15.6. The van der Waals surface area contributed by atoms with Gasteiger partial charge in [-0.2, -0.15) is 0 Å². The lowest BCUT2D eigenvalue weighted by molar-refractivity contribution is -0.152. The van der Waals surface area contributed by atoms with Gasteiger partial charge in [0.1, 0.15) is 47.5 Å². The summed E-state index contributed by atoms with van der Waals surface area (Å²) in [6, 6.07) is 10.8. The van der Waals surface area contributed by atoms with Gasteiger partial charge in [-0.05, 0) is 65.9 Å². The summed E-state index contributed by atoms with van der Waals surface area (Å²) in [6.07, 6.45) is 0.256. The Morgan fingerprint density at radius 2 is 1.38 bits per heavy atom. The highest BCUT2D eigenvalue weighted by Gasteiger charge is 2.45. The summed E-state index contributed by atoms with van der Waals surface area (Å²) in [6.45, 7) is 1.61. The first-order valence-electron chi connectivity index (χ1n) is 17.4. The molecular weight excluding hydrogens is 747 g/mol. The van der Waals surface area contributed by atoms with Crippen LogP contribution in [0.25, 0.3) is 0 Å². The molecule has 0 saturated carbocycles. The predicted molar refractivity (Wildman–Crippen MR) is 207 cm³/mol. The number of carbonyl (C=O) groups excluding carboxylic acids is 6. The van der Waals surface area contributed by atoms with Gasteiger partial charge in [0.05, 0.1) is 6.54 Å². The Morgan fingerprint density at radius 3 is 1.91 bits per heavy atom. The van der Waals surface area contributed by atoms with Crippen LogP contribution in [0.15, 0.2) is 77.8 Å². The molecule has 0 aliphatic carbocycles. The van der Waals surface area contributed by atoms with Crippen molar-refractivity contribution in [1.82, 2.24) is 26.2 Å². The van der Waals surface area contributed by atoms with Crippen LogP contribution in [0.5, 0.6) is 17.2 Å². The van der Waals surface area contributed by atoms with Crippen LogP contribution in [-0.2, 0) is 28.8 Å². The standard InChI is InChI=1S/C37H45N9O9S/c1-20(47)41-17-18-56-36(55)31(23-8-14-26(50)15-9-23)46-19-28(35(46)54)44-34(53)30(22-6-12-25(49)13-7-22)45-32(51)27(3-2-16-42-37(39)40)43-33(52)29(38)21-4-10-24(48)11-5-21/h4-15,27-31,48-50H,2-3,16-19,38H2,1H3,(H,41,47)(H,43,52)(H,44,53)(H,45,51)(H4,39,40,42)/t27-,28-,29-,30+,31-/m0/s1. The van der Waals surface area contributed by atoms with E-state index in [4.69, 9.17) is 17.2 Å². The number of rotatable bonds is 18. The number of thioether (sulfide) groups is 1. The zero-order chi connectivity index (χ0) is 40.9. The lowest BCUT2D eigenvalue weighted by Crippen LogP contribution is -2.66. The maximum atomic E-state index is 13.9.